The van der Waals surface area contributed by atoms with Crippen molar-refractivity contribution in [2.75, 3.05) is 13.6 Å². The SMILES string of the molecule is CN(CCc1ccccc1)Cc1ccc2[nH]c(-c3cc(-c4ccncc4)n[nH]c3=O)cc2c1. The molecule has 33 heavy (non-hydrogen) atoms. The van der Waals surface area contributed by atoms with Gasteiger partial charge < -0.3 is 9.88 Å². The summed E-state index contributed by atoms with van der Waals surface area (Å²) in [6.07, 6.45) is 4.45. The number of benzene rings is 2. The number of H-pyrrole nitrogens is 2. The second-order valence-corrected chi connectivity index (χ2v) is 8.31. The van der Waals surface area contributed by atoms with E-state index in [-0.39, 0.29) is 5.56 Å². The van der Waals surface area contributed by atoms with Gasteiger partial charge in [-0.1, -0.05) is 36.4 Å². The first-order valence-electron chi connectivity index (χ1n) is 11.0. The standard InChI is InChI=1S/C27H25N5O/c1-32(14-11-19-5-3-2-4-6-19)18-20-7-8-24-22(15-20)16-26(29-24)23-17-25(30-31-27(23)33)21-9-12-28-13-10-21/h2-10,12-13,15-17,29H,11,14,18H2,1H3,(H,31,33). The highest BCUT2D eigenvalue weighted by molar-refractivity contribution is 5.86. The molecule has 3 aromatic heterocycles. The Bertz CT molecular complexity index is 1420. The molecule has 0 radical (unpaired) electrons. The molecule has 5 aromatic rings. The Hall–Kier alpha value is -4.03. The van der Waals surface area contributed by atoms with Crippen molar-refractivity contribution in [3.05, 3.63) is 107 Å². The van der Waals surface area contributed by atoms with Gasteiger partial charge >= 0.3 is 0 Å². The van der Waals surface area contributed by atoms with Crippen molar-refractivity contribution in [3.63, 3.8) is 0 Å². The molecule has 0 fully saturated rings. The van der Waals surface area contributed by atoms with Crippen LogP contribution in [0.2, 0.25) is 0 Å². The third kappa shape index (κ3) is 4.76. The highest BCUT2D eigenvalue weighted by Gasteiger charge is 2.11. The molecule has 6 heteroatoms. The zero-order valence-corrected chi connectivity index (χ0v) is 18.5. The molecule has 164 valence electrons. The molecule has 0 bridgehead atoms. The number of likely N-dealkylation sites (N-methyl/N-ethyl adjacent to an activating group) is 1. The molecule has 6 nitrogen and oxygen atoms in total. The van der Waals surface area contributed by atoms with Crippen molar-refractivity contribution in [1.29, 1.82) is 0 Å². The lowest BCUT2D eigenvalue weighted by Crippen LogP contribution is -2.20. The van der Waals surface area contributed by atoms with E-state index in [2.05, 4.69) is 74.6 Å². The van der Waals surface area contributed by atoms with Crippen LogP contribution in [0.5, 0.6) is 0 Å². The van der Waals surface area contributed by atoms with Crippen LogP contribution in [0.25, 0.3) is 33.4 Å². The number of hydrogen-bond donors (Lipinski definition) is 2. The third-order valence-corrected chi connectivity index (χ3v) is 5.83. The summed E-state index contributed by atoms with van der Waals surface area (Å²) in [5.74, 6) is 0. The van der Waals surface area contributed by atoms with E-state index in [1.807, 2.05) is 30.3 Å². The van der Waals surface area contributed by atoms with E-state index >= 15 is 0 Å². The number of fused-ring (bicyclic) bond motifs is 1. The summed E-state index contributed by atoms with van der Waals surface area (Å²) in [4.78, 5) is 22.3. The highest BCUT2D eigenvalue weighted by atomic mass is 16.1. The van der Waals surface area contributed by atoms with E-state index < -0.39 is 0 Å². The normalized spacial score (nSPS) is 11.3. The summed E-state index contributed by atoms with van der Waals surface area (Å²) in [5.41, 5.74) is 6.31. The molecule has 0 aliphatic carbocycles. The molecule has 2 aromatic carbocycles. The number of rotatable bonds is 7. The van der Waals surface area contributed by atoms with Crippen molar-refractivity contribution >= 4 is 10.9 Å². The summed E-state index contributed by atoms with van der Waals surface area (Å²) in [5, 5.41) is 7.90. The van der Waals surface area contributed by atoms with Crippen molar-refractivity contribution in [3.8, 4) is 22.5 Å². The Kier molecular flexibility index (Phi) is 5.83. The van der Waals surface area contributed by atoms with Crippen molar-refractivity contribution in [2.24, 2.45) is 0 Å². The predicted molar refractivity (Wildman–Crippen MR) is 132 cm³/mol. The highest BCUT2D eigenvalue weighted by Crippen LogP contribution is 2.25. The zero-order chi connectivity index (χ0) is 22.6. The number of hydrogen-bond acceptors (Lipinski definition) is 4. The zero-order valence-electron chi connectivity index (χ0n) is 18.5. The molecule has 0 aliphatic heterocycles. The van der Waals surface area contributed by atoms with E-state index in [4.69, 9.17) is 0 Å². The summed E-state index contributed by atoms with van der Waals surface area (Å²) in [6.45, 7) is 1.86. The van der Waals surface area contributed by atoms with E-state index in [9.17, 15) is 4.79 Å². The Morgan fingerprint density at radius 1 is 0.909 bits per heavy atom. The molecule has 3 heterocycles. The van der Waals surface area contributed by atoms with Gasteiger partial charge in [0, 0.05) is 41.9 Å². The number of aromatic nitrogens is 4. The number of nitrogens with zero attached hydrogens (tertiary/aromatic N) is 3. The van der Waals surface area contributed by atoms with Crippen LogP contribution in [-0.2, 0) is 13.0 Å². The van der Waals surface area contributed by atoms with Crippen LogP contribution in [0.15, 0.2) is 90.0 Å². The lowest BCUT2D eigenvalue weighted by Gasteiger charge is -2.16. The topological polar surface area (TPSA) is 77.7 Å². The molecule has 0 unspecified atom stereocenters. The van der Waals surface area contributed by atoms with Gasteiger partial charge in [0.2, 0.25) is 0 Å². The Balaban J connectivity index is 1.36. The smallest absolute Gasteiger partial charge is 0.273 e. The van der Waals surface area contributed by atoms with E-state index in [0.29, 0.717) is 11.3 Å². The van der Waals surface area contributed by atoms with Crippen LogP contribution >= 0.6 is 0 Å². The molecular weight excluding hydrogens is 410 g/mol. The monoisotopic (exact) mass is 435 g/mol. The van der Waals surface area contributed by atoms with Crippen molar-refractivity contribution in [2.45, 2.75) is 13.0 Å². The first-order valence-corrected chi connectivity index (χ1v) is 11.0. The average Bonchev–Trinajstić information content (AvgIpc) is 3.27. The Labute approximate surface area is 192 Å². The van der Waals surface area contributed by atoms with Crippen LogP contribution < -0.4 is 5.56 Å². The maximum atomic E-state index is 12.5. The summed E-state index contributed by atoms with van der Waals surface area (Å²) < 4.78 is 0. The second-order valence-electron chi connectivity index (χ2n) is 8.31. The van der Waals surface area contributed by atoms with E-state index in [0.717, 1.165) is 41.7 Å². The van der Waals surface area contributed by atoms with Gasteiger partial charge in [0.05, 0.1) is 17.0 Å². The number of nitrogens with one attached hydrogen (secondary N) is 2. The lowest BCUT2D eigenvalue weighted by atomic mass is 10.1. The Morgan fingerprint density at radius 2 is 1.73 bits per heavy atom. The van der Waals surface area contributed by atoms with Crippen LogP contribution in [0.3, 0.4) is 0 Å². The van der Waals surface area contributed by atoms with Crippen molar-refractivity contribution in [1.82, 2.24) is 25.1 Å². The fourth-order valence-electron chi connectivity index (χ4n) is 4.06. The van der Waals surface area contributed by atoms with Crippen LogP contribution in [0.4, 0.5) is 0 Å². The molecule has 0 amide bonds. The summed E-state index contributed by atoms with van der Waals surface area (Å²) in [6, 6.07) is 24.6. The van der Waals surface area contributed by atoms with Gasteiger partial charge in [-0.3, -0.25) is 9.78 Å². The third-order valence-electron chi connectivity index (χ3n) is 5.83. The fourth-order valence-corrected chi connectivity index (χ4v) is 4.06. The number of aromatic amines is 2. The van der Waals surface area contributed by atoms with Gasteiger partial charge in [0.1, 0.15) is 0 Å². The fraction of sp³-hybridized carbons (Fsp3) is 0.148. The van der Waals surface area contributed by atoms with Gasteiger partial charge in [-0.15, -0.1) is 0 Å². The maximum Gasteiger partial charge on any atom is 0.273 e. The minimum Gasteiger partial charge on any atom is -0.354 e. The van der Waals surface area contributed by atoms with E-state index in [1.165, 1.54) is 11.1 Å². The van der Waals surface area contributed by atoms with Crippen LogP contribution in [0.1, 0.15) is 11.1 Å². The molecule has 2 N–H and O–H groups in total. The molecular formula is C27H25N5O. The predicted octanol–water partition coefficient (Wildman–Crippen LogP) is 4.65. The largest absolute Gasteiger partial charge is 0.354 e. The first-order chi connectivity index (χ1) is 16.2. The molecule has 0 spiro atoms. The van der Waals surface area contributed by atoms with Gasteiger partial charge in [-0.25, -0.2) is 5.10 Å². The molecule has 0 saturated heterocycles. The van der Waals surface area contributed by atoms with Crippen molar-refractivity contribution < 1.29 is 0 Å². The minimum absolute atomic E-state index is 0.222. The van der Waals surface area contributed by atoms with Gasteiger partial charge in [0.15, 0.2) is 0 Å². The van der Waals surface area contributed by atoms with Crippen LogP contribution in [-0.4, -0.2) is 38.7 Å². The van der Waals surface area contributed by atoms with Crippen LogP contribution in [0, 0.1) is 0 Å². The first kappa shape index (κ1) is 20.8. The summed E-state index contributed by atoms with van der Waals surface area (Å²) in [7, 11) is 2.15. The Morgan fingerprint density at radius 3 is 2.55 bits per heavy atom. The second kappa shape index (κ2) is 9.22. The number of pyridine rings is 1. The molecule has 0 atom stereocenters. The molecule has 5 rings (SSSR count). The van der Waals surface area contributed by atoms with Gasteiger partial charge in [0.25, 0.3) is 5.56 Å². The van der Waals surface area contributed by atoms with Gasteiger partial charge in [-0.2, -0.15) is 5.10 Å². The molecule has 0 aliphatic rings. The minimum atomic E-state index is -0.222. The maximum absolute atomic E-state index is 12.5. The average molecular weight is 436 g/mol. The van der Waals surface area contributed by atoms with Gasteiger partial charge in [-0.05, 0) is 61.0 Å². The molecule has 0 saturated carbocycles. The van der Waals surface area contributed by atoms with E-state index in [1.54, 1.807) is 12.4 Å². The lowest BCUT2D eigenvalue weighted by molar-refractivity contribution is 0.331. The quantitative estimate of drug-likeness (QED) is 0.390. The summed E-state index contributed by atoms with van der Waals surface area (Å²) >= 11 is 0.